The Balaban J connectivity index is 2.22. The first kappa shape index (κ1) is 15.0. The zero-order chi connectivity index (χ0) is 13.2. The molecule has 1 rings (SSSR count). The Morgan fingerprint density at radius 2 is 2.11 bits per heavy atom. The van der Waals surface area contributed by atoms with Gasteiger partial charge in [0.25, 0.3) is 0 Å². The Bertz CT molecular complexity index is 311. The van der Waals surface area contributed by atoms with Crippen molar-refractivity contribution in [2.45, 2.75) is 33.7 Å². The van der Waals surface area contributed by atoms with Crippen molar-refractivity contribution in [1.29, 1.82) is 0 Å². The quantitative estimate of drug-likeness (QED) is 0.647. The first-order valence-corrected chi connectivity index (χ1v) is 6.80. The third-order valence-electron chi connectivity index (χ3n) is 2.79. The molecule has 0 fully saturated rings. The van der Waals surface area contributed by atoms with E-state index in [1.165, 1.54) is 0 Å². The second-order valence-electron chi connectivity index (χ2n) is 4.16. The van der Waals surface area contributed by atoms with Gasteiger partial charge in [0.2, 0.25) is 0 Å². The molecule has 0 amide bonds. The molecule has 0 spiro atoms. The van der Waals surface area contributed by atoms with Gasteiger partial charge in [-0.15, -0.1) is 0 Å². The molecule has 0 atom stereocenters. The van der Waals surface area contributed by atoms with E-state index in [4.69, 9.17) is 9.15 Å². The summed E-state index contributed by atoms with van der Waals surface area (Å²) in [6.45, 7) is 11.7. The molecule has 0 saturated carbocycles. The molecule has 104 valence electrons. The highest BCUT2D eigenvalue weighted by Gasteiger charge is 2.05. The second kappa shape index (κ2) is 8.94. The SMILES string of the molecule is CCCNCc1coc(OCCN(CC)CC)n1. The van der Waals surface area contributed by atoms with Crippen LogP contribution in [0.4, 0.5) is 0 Å². The Morgan fingerprint density at radius 3 is 2.78 bits per heavy atom. The fourth-order valence-electron chi connectivity index (χ4n) is 1.63. The van der Waals surface area contributed by atoms with E-state index < -0.39 is 0 Å². The summed E-state index contributed by atoms with van der Waals surface area (Å²) in [6.07, 6.45) is 3.14. The van der Waals surface area contributed by atoms with Gasteiger partial charge in [0, 0.05) is 13.1 Å². The van der Waals surface area contributed by atoms with Gasteiger partial charge in [0.05, 0.1) is 5.69 Å². The Kier molecular flexibility index (Phi) is 7.44. The number of rotatable bonds is 10. The number of hydrogen-bond acceptors (Lipinski definition) is 5. The van der Waals surface area contributed by atoms with Crippen molar-refractivity contribution in [1.82, 2.24) is 15.2 Å². The topological polar surface area (TPSA) is 50.5 Å². The molecule has 18 heavy (non-hydrogen) atoms. The van der Waals surface area contributed by atoms with Crippen LogP contribution < -0.4 is 10.1 Å². The number of ether oxygens (including phenoxy) is 1. The maximum absolute atomic E-state index is 5.48. The van der Waals surface area contributed by atoms with Gasteiger partial charge in [0.1, 0.15) is 12.9 Å². The zero-order valence-electron chi connectivity index (χ0n) is 11.7. The van der Waals surface area contributed by atoms with E-state index in [0.29, 0.717) is 12.7 Å². The predicted octanol–water partition coefficient (Wildman–Crippen LogP) is 1.89. The zero-order valence-corrected chi connectivity index (χ0v) is 11.7. The van der Waals surface area contributed by atoms with Gasteiger partial charge in [-0.1, -0.05) is 20.8 Å². The summed E-state index contributed by atoms with van der Waals surface area (Å²) in [5, 5.41) is 3.27. The summed E-state index contributed by atoms with van der Waals surface area (Å²) in [5.74, 6) is 0. The number of nitrogens with one attached hydrogen (secondary N) is 1. The third kappa shape index (κ3) is 5.51. The van der Waals surface area contributed by atoms with Crippen LogP contribution in [0.3, 0.4) is 0 Å². The molecular formula is C13H25N3O2. The standard InChI is InChI=1S/C13H25N3O2/c1-4-7-14-10-12-11-18-13(15-12)17-9-8-16(5-2)6-3/h11,14H,4-10H2,1-3H3. The van der Waals surface area contributed by atoms with Crippen LogP contribution >= 0.6 is 0 Å². The summed E-state index contributed by atoms with van der Waals surface area (Å²) in [6, 6.07) is 0. The highest BCUT2D eigenvalue weighted by molar-refractivity contribution is 4.99. The van der Waals surface area contributed by atoms with Crippen LogP contribution in [0.2, 0.25) is 0 Å². The minimum absolute atomic E-state index is 0.371. The van der Waals surface area contributed by atoms with Crippen molar-refractivity contribution in [2.75, 3.05) is 32.8 Å². The molecular weight excluding hydrogens is 230 g/mol. The third-order valence-corrected chi connectivity index (χ3v) is 2.79. The van der Waals surface area contributed by atoms with Crippen molar-refractivity contribution in [2.24, 2.45) is 0 Å². The Hall–Kier alpha value is -1.07. The molecule has 1 heterocycles. The normalized spacial score (nSPS) is 11.1. The minimum Gasteiger partial charge on any atom is -0.449 e. The predicted molar refractivity (Wildman–Crippen MR) is 71.8 cm³/mol. The highest BCUT2D eigenvalue weighted by Crippen LogP contribution is 2.09. The average molecular weight is 255 g/mol. The maximum Gasteiger partial charge on any atom is 0.393 e. The van der Waals surface area contributed by atoms with E-state index in [1.54, 1.807) is 6.26 Å². The lowest BCUT2D eigenvalue weighted by Gasteiger charge is -2.16. The molecule has 1 aromatic heterocycles. The maximum atomic E-state index is 5.48. The van der Waals surface area contributed by atoms with Crippen LogP contribution in [-0.2, 0) is 6.54 Å². The smallest absolute Gasteiger partial charge is 0.393 e. The van der Waals surface area contributed by atoms with Gasteiger partial charge < -0.3 is 19.4 Å². The van der Waals surface area contributed by atoms with Crippen LogP contribution in [0.1, 0.15) is 32.9 Å². The van der Waals surface area contributed by atoms with Crippen molar-refractivity contribution >= 4 is 0 Å². The molecule has 0 aliphatic rings. The van der Waals surface area contributed by atoms with E-state index in [9.17, 15) is 0 Å². The fourth-order valence-corrected chi connectivity index (χ4v) is 1.63. The molecule has 0 radical (unpaired) electrons. The Morgan fingerprint density at radius 1 is 1.33 bits per heavy atom. The van der Waals surface area contributed by atoms with E-state index in [2.05, 4.69) is 36.0 Å². The molecule has 1 aromatic rings. The molecule has 0 saturated heterocycles. The van der Waals surface area contributed by atoms with Gasteiger partial charge >= 0.3 is 6.08 Å². The summed E-state index contributed by atoms with van der Waals surface area (Å²) in [7, 11) is 0. The van der Waals surface area contributed by atoms with E-state index in [0.717, 1.165) is 44.8 Å². The molecule has 0 aromatic carbocycles. The summed E-state index contributed by atoms with van der Waals surface area (Å²) in [4.78, 5) is 6.56. The van der Waals surface area contributed by atoms with Gasteiger partial charge in [-0.2, -0.15) is 4.98 Å². The van der Waals surface area contributed by atoms with Crippen molar-refractivity contribution < 1.29 is 9.15 Å². The molecule has 0 aliphatic heterocycles. The molecule has 1 N–H and O–H groups in total. The van der Waals surface area contributed by atoms with Crippen LogP contribution in [0, 0.1) is 0 Å². The van der Waals surface area contributed by atoms with E-state index >= 15 is 0 Å². The van der Waals surface area contributed by atoms with Crippen molar-refractivity contribution in [3.05, 3.63) is 12.0 Å². The minimum atomic E-state index is 0.371. The number of likely N-dealkylation sites (N-methyl/N-ethyl adjacent to an activating group) is 1. The van der Waals surface area contributed by atoms with Crippen LogP contribution in [-0.4, -0.2) is 42.7 Å². The molecule has 5 nitrogen and oxygen atoms in total. The monoisotopic (exact) mass is 255 g/mol. The van der Waals surface area contributed by atoms with Gasteiger partial charge in [0.15, 0.2) is 0 Å². The summed E-state index contributed by atoms with van der Waals surface area (Å²) < 4.78 is 10.7. The van der Waals surface area contributed by atoms with Gasteiger partial charge in [-0.3, -0.25) is 0 Å². The summed E-state index contributed by atoms with van der Waals surface area (Å²) >= 11 is 0. The molecule has 5 heteroatoms. The second-order valence-corrected chi connectivity index (χ2v) is 4.16. The largest absolute Gasteiger partial charge is 0.449 e. The number of oxazole rings is 1. The number of aromatic nitrogens is 1. The number of hydrogen-bond donors (Lipinski definition) is 1. The fraction of sp³-hybridized carbons (Fsp3) is 0.769. The lowest BCUT2D eigenvalue weighted by Crippen LogP contribution is -2.27. The first-order chi connectivity index (χ1) is 8.80. The number of nitrogens with zero attached hydrogens (tertiary/aromatic N) is 2. The van der Waals surface area contributed by atoms with E-state index in [-0.39, 0.29) is 0 Å². The molecule has 0 unspecified atom stereocenters. The Labute approximate surface area is 110 Å². The molecule has 0 bridgehead atoms. The van der Waals surface area contributed by atoms with Crippen LogP contribution in [0.5, 0.6) is 6.08 Å². The first-order valence-electron chi connectivity index (χ1n) is 6.80. The van der Waals surface area contributed by atoms with Crippen LogP contribution in [0.15, 0.2) is 10.7 Å². The molecule has 0 aliphatic carbocycles. The summed E-state index contributed by atoms with van der Waals surface area (Å²) in [5.41, 5.74) is 0.890. The lowest BCUT2D eigenvalue weighted by atomic mass is 10.4. The van der Waals surface area contributed by atoms with Gasteiger partial charge in [-0.25, -0.2) is 0 Å². The average Bonchev–Trinajstić information content (AvgIpc) is 2.83. The lowest BCUT2D eigenvalue weighted by molar-refractivity contribution is 0.183. The van der Waals surface area contributed by atoms with Crippen LogP contribution in [0.25, 0.3) is 0 Å². The van der Waals surface area contributed by atoms with Gasteiger partial charge in [-0.05, 0) is 26.1 Å². The van der Waals surface area contributed by atoms with Crippen molar-refractivity contribution in [3.63, 3.8) is 0 Å². The van der Waals surface area contributed by atoms with Crippen molar-refractivity contribution in [3.8, 4) is 6.08 Å². The van der Waals surface area contributed by atoms with E-state index in [1.807, 2.05) is 0 Å². The highest BCUT2D eigenvalue weighted by atomic mass is 16.6.